The van der Waals surface area contributed by atoms with Gasteiger partial charge in [0.05, 0.1) is 11.2 Å². The molecule has 2 heterocycles. The van der Waals surface area contributed by atoms with Crippen LogP contribution in [-0.4, -0.2) is 9.38 Å². The Labute approximate surface area is 124 Å². The van der Waals surface area contributed by atoms with Crippen molar-refractivity contribution in [3.05, 3.63) is 65.2 Å². The molecule has 0 amide bonds. The van der Waals surface area contributed by atoms with Crippen LogP contribution in [0.4, 0.5) is 0 Å². The maximum atomic E-state index is 5.95. The molecule has 0 unspecified atom stereocenters. The first-order valence-electron chi connectivity index (χ1n) is 7.04. The smallest absolute Gasteiger partial charge is 0.151 e. The Hall–Kier alpha value is -2.33. The third kappa shape index (κ3) is 2.62. The van der Waals surface area contributed by atoms with Crippen molar-refractivity contribution in [2.75, 3.05) is 0 Å². The van der Waals surface area contributed by atoms with Gasteiger partial charge in [-0.3, -0.25) is 0 Å². The number of fused-ring (bicyclic) bond motifs is 1. The molecular weight excluding hydrogens is 262 g/mol. The van der Waals surface area contributed by atoms with Gasteiger partial charge in [-0.25, -0.2) is 4.98 Å². The maximum absolute atomic E-state index is 5.95. The van der Waals surface area contributed by atoms with Crippen LogP contribution < -0.4 is 10.5 Å². The summed E-state index contributed by atoms with van der Waals surface area (Å²) in [6, 6.07) is 12.2. The zero-order chi connectivity index (χ0) is 14.8. The van der Waals surface area contributed by atoms with Crippen molar-refractivity contribution in [3.8, 4) is 5.75 Å². The molecule has 4 nitrogen and oxygen atoms in total. The van der Waals surface area contributed by atoms with E-state index >= 15 is 0 Å². The van der Waals surface area contributed by atoms with Crippen molar-refractivity contribution >= 4 is 5.52 Å². The van der Waals surface area contributed by atoms with E-state index in [9.17, 15) is 0 Å². The van der Waals surface area contributed by atoms with Gasteiger partial charge in [-0.1, -0.05) is 18.2 Å². The predicted molar refractivity (Wildman–Crippen MR) is 83.3 cm³/mol. The molecular formula is C17H19N3O. The molecule has 3 aromatic rings. The molecule has 0 spiro atoms. The van der Waals surface area contributed by atoms with Gasteiger partial charge in [-0.15, -0.1) is 0 Å². The van der Waals surface area contributed by atoms with Crippen molar-refractivity contribution in [1.29, 1.82) is 0 Å². The van der Waals surface area contributed by atoms with Crippen molar-refractivity contribution < 1.29 is 4.74 Å². The van der Waals surface area contributed by atoms with Crippen molar-refractivity contribution in [2.24, 2.45) is 5.73 Å². The number of aryl methyl sites for hydroxylation is 2. The molecule has 0 aliphatic rings. The fraction of sp³-hybridized carbons (Fsp3) is 0.235. The largest absolute Gasteiger partial charge is 0.485 e. The normalized spacial score (nSPS) is 11.0. The summed E-state index contributed by atoms with van der Waals surface area (Å²) in [5.41, 5.74) is 10.0. The summed E-state index contributed by atoms with van der Waals surface area (Å²) in [5, 5.41) is 0. The molecule has 0 radical (unpaired) electrons. The zero-order valence-electron chi connectivity index (χ0n) is 12.3. The fourth-order valence-corrected chi connectivity index (χ4v) is 2.43. The summed E-state index contributed by atoms with van der Waals surface area (Å²) in [5.74, 6) is 1.77. The van der Waals surface area contributed by atoms with Crippen LogP contribution in [-0.2, 0) is 13.2 Å². The van der Waals surface area contributed by atoms with Gasteiger partial charge < -0.3 is 14.9 Å². The molecule has 3 rings (SSSR count). The Morgan fingerprint density at radius 1 is 1.19 bits per heavy atom. The predicted octanol–water partition coefficient (Wildman–Crippen LogP) is 2.99. The molecule has 0 saturated heterocycles. The quantitative estimate of drug-likeness (QED) is 0.800. The minimum atomic E-state index is 0.426. The van der Waals surface area contributed by atoms with Gasteiger partial charge in [0.25, 0.3) is 0 Å². The summed E-state index contributed by atoms with van der Waals surface area (Å²) in [6.07, 6.45) is 1.99. The van der Waals surface area contributed by atoms with Crippen LogP contribution in [0.25, 0.3) is 5.52 Å². The number of hydrogen-bond acceptors (Lipinski definition) is 3. The standard InChI is InChI=1S/C17H19N3O/c1-12-6-7-13(2)16(9-12)21-11-17-19-14(10-18)15-5-3-4-8-20(15)17/h3-9H,10-11,18H2,1-2H3. The molecule has 0 atom stereocenters. The van der Waals surface area contributed by atoms with Gasteiger partial charge in [0.15, 0.2) is 5.82 Å². The number of ether oxygens (including phenoxy) is 1. The molecule has 2 N–H and O–H groups in total. The van der Waals surface area contributed by atoms with Gasteiger partial charge in [0.1, 0.15) is 12.4 Å². The van der Waals surface area contributed by atoms with E-state index < -0.39 is 0 Å². The van der Waals surface area contributed by atoms with Crippen molar-refractivity contribution in [2.45, 2.75) is 27.0 Å². The van der Waals surface area contributed by atoms with Crippen molar-refractivity contribution in [1.82, 2.24) is 9.38 Å². The average Bonchev–Trinajstić information content (AvgIpc) is 2.86. The summed E-state index contributed by atoms with van der Waals surface area (Å²) < 4.78 is 7.98. The van der Waals surface area contributed by atoms with E-state index in [-0.39, 0.29) is 0 Å². The van der Waals surface area contributed by atoms with Crippen molar-refractivity contribution in [3.63, 3.8) is 0 Å². The number of nitrogens with two attached hydrogens (primary N) is 1. The third-order valence-electron chi connectivity index (χ3n) is 3.59. The Morgan fingerprint density at radius 3 is 2.86 bits per heavy atom. The number of pyridine rings is 1. The highest BCUT2D eigenvalue weighted by Crippen LogP contribution is 2.21. The van der Waals surface area contributed by atoms with Gasteiger partial charge in [0, 0.05) is 12.7 Å². The average molecular weight is 281 g/mol. The summed E-state index contributed by atoms with van der Waals surface area (Å²) in [7, 11) is 0. The number of rotatable bonds is 4. The topological polar surface area (TPSA) is 52.5 Å². The monoisotopic (exact) mass is 281 g/mol. The number of aromatic nitrogens is 2. The third-order valence-corrected chi connectivity index (χ3v) is 3.59. The lowest BCUT2D eigenvalue weighted by molar-refractivity contribution is 0.293. The van der Waals surface area contributed by atoms with Crippen LogP contribution in [0.1, 0.15) is 22.6 Å². The van der Waals surface area contributed by atoms with E-state index in [2.05, 4.69) is 30.1 Å². The van der Waals surface area contributed by atoms with E-state index in [0.717, 1.165) is 28.3 Å². The molecule has 0 fully saturated rings. The fourth-order valence-electron chi connectivity index (χ4n) is 2.43. The van der Waals surface area contributed by atoms with Gasteiger partial charge in [-0.2, -0.15) is 0 Å². The van der Waals surface area contributed by atoms with Crippen LogP contribution in [0.5, 0.6) is 5.75 Å². The lowest BCUT2D eigenvalue weighted by atomic mass is 10.1. The lowest BCUT2D eigenvalue weighted by Gasteiger charge is -2.09. The molecule has 0 bridgehead atoms. The molecule has 108 valence electrons. The molecule has 0 aliphatic carbocycles. The Morgan fingerprint density at radius 2 is 2.05 bits per heavy atom. The number of imidazole rings is 1. The summed E-state index contributed by atoms with van der Waals surface area (Å²) in [4.78, 5) is 4.59. The van der Waals surface area contributed by atoms with Gasteiger partial charge in [-0.05, 0) is 43.2 Å². The zero-order valence-corrected chi connectivity index (χ0v) is 12.3. The Kier molecular flexibility index (Phi) is 3.62. The van der Waals surface area contributed by atoms with E-state index in [1.807, 2.05) is 35.7 Å². The second kappa shape index (κ2) is 5.58. The summed E-state index contributed by atoms with van der Waals surface area (Å²) in [6.45, 7) is 4.96. The molecule has 2 aromatic heterocycles. The minimum Gasteiger partial charge on any atom is -0.485 e. The first-order chi connectivity index (χ1) is 10.2. The highest BCUT2D eigenvalue weighted by molar-refractivity contribution is 5.53. The van der Waals surface area contributed by atoms with E-state index in [1.54, 1.807) is 0 Å². The first kappa shape index (κ1) is 13.6. The van der Waals surface area contributed by atoms with Crippen LogP contribution in [0.2, 0.25) is 0 Å². The van der Waals surface area contributed by atoms with E-state index in [4.69, 9.17) is 10.5 Å². The van der Waals surface area contributed by atoms with Crippen LogP contribution in [0, 0.1) is 13.8 Å². The summed E-state index contributed by atoms with van der Waals surface area (Å²) >= 11 is 0. The second-order valence-corrected chi connectivity index (χ2v) is 5.19. The number of hydrogen-bond donors (Lipinski definition) is 1. The van der Waals surface area contributed by atoms with E-state index in [0.29, 0.717) is 13.2 Å². The van der Waals surface area contributed by atoms with Gasteiger partial charge >= 0.3 is 0 Å². The maximum Gasteiger partial charge on any atom is 0.151 e. The molecule has 1 aromatic carbocycles. The van der Waals surface area contributed by atoms with E-state index in [1.165, 1.54) is 5.56 Å². The SMILES string of the molecule is Cc1ccc(C)c(OCc2nc(CN)c3ccccn23)c1. The highest BCUT2D eigenvalue weighted by atomic mass is 16.5. The van der Waals surface area contributed by atoms with Crippen LogP contribution in [0.15, 0.2) is 42.6 Å². The second-order valence-electron chi connectivity index (χ2n) is 5.19. The van der Waals surface area contributed by atoms with Gasteiger partial charge in [0.2, 0.25) is 0 Å². The molecule has 0 saturated carbocycles. The van der Waals surface area contributed by atoms with Crippen LogP contribution in [0.3, 0.4) is 0 Å². The number of nitrogens with zero attached hydrogens (tertiary/aromatic N) is 2. The Bertz CT molecular complexity index is 777. The highest BCUT2D eigenvalue weighted by Gasteiger charge is 2.10. The molecule has 0 aliphatic heterocycles. The number of benzene rings is 1. The first-order valence-corrected chi connectivity index (χ1v) is 7.04. The molecule has 4 heteroatoms. The lowest BCUT2D eigenvalue weighted by Crippen LogP contribution is -2.02. The van der Waals surface area contributed by atoms with Crippen LogP contribution >= 0.6 is 0 Å². The Balaban J connectivity index is 1.90. The minimum absolute atomic E-state index is 0.426. The molecule has 21 heavy (non-hydrogen) atoms.